The van der Waals surface area contributed by atoms with Crippen LogP contribution >= 0.6 is 0 Å². The maximum absolute atomic E-state index is 11.4. The van der Waals surface area contributed by atoms with Gasteiger partial charge in [0.05, 0.1) is 6.61 Å². The van der Waals surface area contributed by atoms with Crippen molar-refractivity contribution in [3.8, 4) is 0 Å². The Morgan fingerprint density at radius 3 is 3.12 bits per heavy atom. The highest BCUT2D eigenvalue weighted by atomic mass is 16.5. The van der Waals surface area contributed by atoms with Gasteiger partial charge in [0.25, 0.3) is 5.91 Å². The van der Waals surface area contributed by atoms with E-state index in [0.29, 0.717) is 18.7 Å². The van der Waals surface area contributed by atoms with Crippen LogP contribution in [0, 0.1) is 0 Å². The number of carbonyl (C=O) groups is 2. The highest BCUT2D eigenvalue weighted by Crippen LogP contribution is 2.20. The molecular formula is C13H13NO3. The highest BCUT2D eigenvalue weighted by Gasteiger charge is 2.19. The molecule has 0 atom stereocenters. The third-order valence-electron chi connectivity index (χ3n) is 2.57. The molecule has 17 heavy (non-hydrogen) atoms. The topological polar surface area (TPSA) is 55.4 Å². The lowest BCUT2D eigenvalue weighted by Crippen LogP contribution is -2.12. The number of amides is 1. The van der Waals surface area contributed by atoms with E-state index < -0.39 is 0 Å². The summed E-state index contributed by atoms with van der Waals surface area (Å²) >= 11 is 0. The van der Waals surface area contributed by atoms with Crippen LogP contribution in [0.3, 0.4) is 0 Å². The molecule has 1 N–H and O–H groups in total. The Hall–Kier alpha value is -2.10. The number of benzene rings is 1. The fraction of sp³-hybridized carbons (Fsp3) is 0.231. The van der Waals surface area contributed by atoms with Crippen LogP contribution < -0.4 is 5.32 Å². The molecular weight excluding hydrogens is 218 g/mol. The van der Waals surface area contributed by atoms with E-state index in [1.54, 1.807) is 25.1 Å². The van der Waals surface area contributed by atoms with Gasteiger partial charge in [-0.3, -0.25) is 4.79 Å². The lowest BCUT2D eigenvalue weighted by molar-refractivity contribution is -0.137. The van der Waals surface area contributed by atoms with Gasteiger partial charge in [-0.05, 0) is 30.2 Å². The Kier molecular flexibility index (Phi) is 3.23. The normalized spacial score (nSPS) is 13.6. The summed E-state index contributed by atoms with van der Waals surface area (Å²) in [5.41, 5.74) is 2.47. The first-order valence-corrected chi connectivity index (χ1v) is 5.47. The van der Waals surface area contributed by atoms with Crippen molar-refractivity contribution in [1.29, 1.82) is 0 Å². The Bertz CT molecular complexity index is 491. The first kappa shape index (κ1) is 11.4. The fourth-order valence-electron chi connectivity index (χ4n) is 1.78. The SMILES string of the molecule is CCOC(=O)C=Cc1cccc2c1CNC2=O. The molecule has 0 aromatic heterocycles. The van der Waals surface area contributed by atoms with Crippen LogP contribution in [0.4, 0.5) is 0 Å². The second kappa shape index (κ2) is 4.82. The summed E-state index contributed by atoms with van der Waals surface area (Å²) in [6, 6.07) is 5.45. The Morgan fingerprint density at radius 1 is 1.53 bits per heavy atom. The first-order chi connectivity index (χ1) is 8.22. The van der Waals surface area contributed by atoms with E-state index in [2.05, 4.69) is 5.32 Å². The fourth-order valence-corrected chi connectivity index (χ4v) is 1.78. The van der Waals surface area contributed by atoms with Crippen molar-refractivity contribution in [2.24, 2.45) is 0 Å². The molecule has 1 heterocycles. The number of hydrogen-bond donors (Lipinski definition) is 1. The van der Waals surface area contributed by atoms with Gasteiger partial charge in [-0.15, -0.1) is 0 Å². The second-order valence-corrected chi connectivity index (χ2v) is 3.64. The predicted molar refractivity (Wildman–Crippen MR) is 63.3 cm³/mol. The zero-order valence-electron chi connectivity index (χ0n) is 9.53. The maximum Gasteiger partial charge on any atom is 0.330 e. The predicted octanol–water partition coefficient (Wildman–Crippen LogP) is 1.51. The monoisotopic (exact) mass is 231 g/mol. The number of rotatable bonds is 3. The van der Waals surface area contributed by atoms with E-state index in [9.17, 15) is 9.59 Å². The van der Waals surface area contributed by atoms with Crippen molar-refractivity contribution in [3.63, 3.8) is 0 Å². The van der Waals surface area contributed by atoms with Gasteiger partial charge < -0.3 is 10.1 Å². The lowest BCUT2D eigenvalue weighted by Gasteiger charge is -2.01. The number of hydrogen-bond acceptors (Lipinski definition) is 3. The molecule has 0 saturated heterocycles. The van der Waals surface area contributed by atoms with Crippen molar-refractivity contribution in [2.45, 2.75) is 13.5 Å². The number of nitrogens with one attached hydrogen (secondary N) is 1. The summed E-state index contributed by atoms with van der Waals surface area (Å²) < 4.78 is 4.80. The van der Waals surface area contributed by atoms with Crippen LogP contribution in [0.2, 0.25) is 0 Å². The summed E-state index contributed by atoms with van der Waals surface area (Å²) in [5, 5.41) is 2.75. The molecule has 1 amide bonds. The molecule has 4 heteroatoms. The molecule has 0 spiro atoms. The number of esters is 1. The van der Waals surface area contributed by atoms with Crippen molar-refractivity contribution >= 4 is 18.0 Å². The molecule has 1 aromatic carbocycles. The number of ether oxygens (including phenoxy) is 1. The second-order valence-electron chi connectivity index (χ2n) is 3.64. The van der Waals surface area contributed by atoms with Gasteiger partial charge >= 0.3 is 5.97 Å². The average Bonchev–Trinajstić information content (AvgIpc) is 2.70. The largest absolute Gasteiger partial charge is 0.463 e. The molecule has 0 aliphatic carbocycles. The number of fused-ring (bicyclic) bond motifs is 1. The van der Waals surface area contributed by atoms with Gasteiger partial charge in [0.2, 0.25) is 0 Å². The van der Waals surface area contributed by atoms with Gasteiger partial charge in [0.15, 0.2) is 0 Å². The Morgan fingerprint density at radius 2 is 2.35 bits per heavy atom. The lowest BCUT2D eigenvalue weighted by atomic mass is 10.0. The van der Waals surface area contributed by atoms with E-state index >= 15 is 0 Å². The van der Waals surface area contributed by atoms with Crippen molar-refractivity contribution in [2.75, 3.05) is 6.61 Å². The minimum atomic E-state index is -0.373. The van der Waals surface area contributed by atoms with Crippen LogP contribution in [0.5, 0.6) is 0 Å². The molecule has 1 aromatic rings. The third-order valence-corrected chi connectivity index (χ3v) is 2.57. The van der Waals surface area contributed by atoms with Crippen molar-refractivity contribution < 1.29 is 14.3 Å². The van der Waals surface area contributed by atoms with E-state index in [1.165, 1.54) is 6.08 Å². The summed E-state index contributed by atoms with van der Waals surface area (Å²) in [4.78, 5) is 22.6. The third kappa shape index (κ3) is 2.36. The standard InChI is InChI=1S/C13H13NO3/c1-2-17-12(15)7-6-9-4-3-5-10-11(9)8-14-13(10)16/h3-7H,2,8H2,1H3,(H,14,16). The smallest absolute Gasteiger partial charge is 0.330 e. The minimum Gasteiger partial charge on any atom is -0.463 e. The Balaban J connectivity index is 2.23. The molecule has 0 fully saturated rings. The molecule has 2 rings (SSSR count). The maximum atomic E-state index is 11.4. The first-order valence-electron chi connectivity index (χ1n) is 5.47. The highest BCUT2D eigenvalue weighted by molar-refractivity contribution is 5.99. The van der Waals surface area contributed by atoms with Gasteiger partial charge in [0, 0.05) is 18.2 Å². The molecule has 1 aliphatic heterocycles. The molecule has 4 nitrogen and oxygen atoms in total. The molecule has 0 unspecified atom stereocenters. The molecule has 88 valence electrons. The zero-order chi connectivity index (χ0) is 12.3. The summed E-state index contributed by atoms with van der Waals surface area (Å²) in [6.45, 7) is 2.63. The molecule has 0 bridgehead atoms. The van der Waals surface area contributed by atoms with Crippen LogP contribution in [-0.2, 0) is 16.1 Å². The van der Waals surface area contributed by atoms with E-state index in [4.69, 9.17) is 4.74 Å². The van der Waals surface area contributed by atoms with Crippen LogP contribution in [0.15, 0.2) is 24.3 Å². The van der Waals surface area contributed by atoms with Gasteiger partial charge in [-0.25, -0.2) is 4.79 Å². The number of carbonyl (C=O) groups excluding carboxylic acids is 2. The summed E-state index contributed by atoms with van der Waals surface area (Å²) in [5.74, 6) is -0.436. The van der Waals surface area contributed by atoms with Crippen LogP contribution in [0.1, 0.15) is 28.4 Å². The molecule has 1 aliphatic rings. The van der Waals surface area contributed by atoms with Gasteiger partial charge in [0.1, 0.15) is 0 Å². The summed E-state index contributed by atoms with van der Waals surface area (Å²) in [6.07, 6.45) is 3.05. The Labute approximate surface area is 99.3 Å². The van der Waals surface area contributed by atoms with Crippen molar-refractivity contribution in [3.05, 3.63) is 41.0 Å². The summed E-state index contributed by atoms with van der Waals surface area (Å²) in [7, 11) is 0. The zero-order valence-corrected chi connectivity index (χ0v) is 9.53. The van der Waals surface area contributed by atoms with Gasteiger partial charge in [-0.1, -0.05) is 12.1 Å². The van der Waals surface area contributed by atoms with Gasteiger partial charge in [-0.2, -0.15) is 0 Å². The molecule has 0 radical (unpaired) electrons. The van der Waals surface area contributed by atoms with Crippen LogP contribution in [-0.4, -0.2) is 18.5 Å². The van der Waals surface area contributed by atoms with Crippen LogP contribution in [0.25, 0.3) is 6.08 Å². The van der Waals surface area contributed by atoms with E-state index in [0.717, 1.165) is 11.1 Å². The quantitative estimate of drug-likeness (QED) is 0.633. The minimum absolute atomic E-state index is 0.0635. The van der Waals surface area contributed by atoms with E-state index in [-0.39, 0.29) is 11.9 Å². The molecule has 0 saturated carbocycles. The van der Waals surface area contributed by atoms with E-state index in [1.807, 2.05) is 6.07 Å². The van der Waals surface area contributed by atoms with Crippen molar-refractivity contribution in [1.82, 2.24) is 5.32 Å². The average molecular weight is 231 g/mol.